The molecule has 0 aliphatic carbocycles. The van der Waals surface area contributed by atoms with Crippen molar-refractivity contribution < 1.29 is 0 Å². The van der Waals surface area contributed by atoms with Crippen molar-refractivity contribution in [2.75, 3.05) is 0 Å². The minimum Gasteiger partial charge on any atom is -0.285 e. The highest BCUT2D eigenvalue weighted by Crippen LogP contribution is 2.20. The Labute approximate surface area is 102 Å². The molecule has 2 heterocycles. The van der Waals surface area contributed by atoms with E-state index in [4.69, 9.17) is 0 Å². The second-order valence-electron chi connectivity index (χ2n) is 4.87. The molecule has 1 N–H and O–H groups in total. The number of rotatable bonds is 4. The summed E-state index contributed by atoms with van der Waals surface area (Å²) in [7, 11) is 0. The van der Waals surface area contributed by atoms with Crippen LogP contribution in [-0.4, -0.2) is 15.2 Å². The van der Waals surface area contributed by atoms with Gasteiger partial charge in [0.15, 0.2) is 0 Å². The standard InChI is InChI=1S/C14H19N3/c1-10(2)12-4-5-15-14(7-12)6-11(3)13-8-16-17-9-13/h4-5,7-11H,6H2,1-3H3,(H,16,17). The quantitative estimate of drug-likeness (QED) is 0.874. The largest absolute Gasteiger partial charge is 0.285 e. The minimum atomic E-state index is 0.448. The van der Waals surface area contributed by atoms with Crippen LogP contribution in [-0.2, 0) is 6.42 Å². The maximum atomic E-state index is 4.44. The van der Waals surface area contributed by atoms with Crippen LogP contribution < -0.4 is 0 Å². The molecule has 0 saturated carbocycles. The molecule has 2 aromatic heterocycles. The highest BCUT2D eigenvalue weighted by atomic mass is 15.1. The van der Waals surface area contributed by atoms with Crippen LogP contribution >= 0.6 is 0 Å². The number of aromatic nitrogens is 3. The Bertz CT molecular complexity index is 460. The molecular formula is C14H19N3. The van der Waals surface area contributed by atoms with Gasteiger partial charge in [-0.05, 0) is 41.5 Å². The summed E-state index contributed by atoms with van der Waals surface area (Å²) in [5.41, 5.74) is 3.75. The van der Waals surface area contributed by atoms with Crippen molar-refractivity contribution in [2.24, 2.45) is 0 Å². The van der Waals surface area contributed by atoms with Crippen LogP contribution in [0.3, 0.4) is 0 Å². The topological polar surface area (TPSA) is 41.6 Å². The molecule has 17 heavy (non-hydrogen) atoms. The van der Waals surface area contributed by atoms with Crippen LogP contribution in [0.15, 0.2) is 30.7 Å². The predicted octanol–water partition coefficient (Wildman–Crippen LogP) is 3.27. The molecule has 0 saturated heterocycles. The van der Waals surface area contributed by atoms with Gasteiger partial charge < -0.3 is 0 Å². The second-order valence-corrected chi connectivity index (χ2v) is 4.87. The van der Waals surface area contributed by atoms with E-state index in [0.29, 0.717) is 11.8 Å². The van der Waals surface area contributed by atoms with Crippen LogP contribution in [0.4, 0.5) is 0 Å². The van der Waals surface area contributed by atoms with Gasteiger partial charge in [-0.3, -0.25) is 10.1 Å². The second kappa shape index (κ2) is 5.13. The lowest BCUT2D eigenvalue weighted by atomic mass is 9.96. The molecule has 90 valence electrons. The number of pyridine rings is 1. The van der Waals surface area contributed by atoms with Crippen LogP contribution in [0.1, 0.15) is 49.4 Å². The lowest BCUT2D eigenvalue weighted by Crippen LogP contribution is -2.01. The van der Waals surface area contributed by atoms with E-state index in [9.17, 15) is 0 Å². The molecule has 0 spiro atoms. The van der Waals surface area contributed by atoms with E-state index in [1.54, 1.807) is 0 Å². The first kappa shape index (κ1) is 11.8. The Morgan fingerprint density at radius 3 is 2.71 bits per heavy atom. The minimum absolute atomic E-state index is 0.448. The molecule has 3 nitrogen and oxygen atoms in total. The maximum absolute atomic E-state index is 4.44. The predicted molar refractivity (Wildman–Crippen MR) is 69.0 cm³/mol. The van der Waals surface area contributed by atoms with Gasteiger partial charge in [0.1, 0.15) is 0 Å². The first-order valence-corrected chi connectivity index (χ1v) is 6.10. The van der Waals surface area contributed by atoms with Crippen molar-refractivity contribution in [3.05, 3.63) is 47.5 Å². The molecule has 0 radical (unpaired) electrons. The number of hydrogen-bond acceptors (Lipinski definition) is 2. The summed E-state index contributed by atoms with van der Waals surface area (Å²) < 4.78 is 0. The maximum Gasteiger partial charge on any atom is 0.0522 e. The molecule has 2 aromatic rings. The molecule has 1 atom stereocenters. The highest BCUT2D eigenvalue weighted by molar-refractivity contribution is 5.22. The number of nitrogens with one attached hydrogen (secondary N) is 1. The fourth-order valence-corrected chi connectivity index (χ4v) is 1.93. The van der Waals surface area contributed by atoms with Crippen molar-refractivity contribution in [1.82, 2.24) is 15.2 Å². The van der Waals surface area contributed by atoms with Crippen molar-refractivity contribution in [3.8, 4) is 0 Å². The molecule has 0 aliphatic rings. The van der Waals surface area contributed by atoms with Gasteiger partial charge in [0.25, 0.3) is 0 Å². The zero-order valence-corrected chi connectivity index (χ0v) is 10.6. The normalized spacial score (nSPS) is 12.9. The summed E-state index contributed by atoms with van der Waals surface area (Å²) in [4.78, 5) is 4.44. The van der Waals surface area contributed by atoms with E-state index < -0.39 is 0 Å². The van der Waals surface area contributed by atoms with Crippen LogP contribution in [0, 0.1) is 0 Å². The van der Waals surface area contributed by atoms with Crippen LogP contribution in [0.25, 0.3) is 0 Å². The zero-order valence-electron chi connectivity index (χ0n) is 10.6. The van der Waals surface area contributed by atoms with Gasteiger partial charge in [0, 0.05) is 18.1 Å². The molecule has 0 amide bonds. The van der Waals surface area contributed by atoms with Gasteiger partial charge in [0.2, 0.25) is 0 Å². The van der Waals surface area contributed by atoms with Crippen LogP contribution in [0.5, 0.6) is 0 Å². The molecule has 2 rings (SSSR count). The third-order valence-electron chi connectivity index (χ3n) is 3.11. The average Bonchev–Trinajstić information content (AvgIpc) is 2.82. The molecular weight excluding hydrogens is 210 g/mol. The van der Waals surface area contributed by atoms with Gasteiger partial charge in [-0.2, -0.15) is 5.10 Å². The lowest BCUT2D eigenvalue weighted by Gasteiger charge is -2.11. The van der Waals surface area contributed by atoms with Gasteiger partial charge in [0.05, 0.1) is 6.20 Å². The average molecular weight is 229 g/mol. The van der Waals surface area contributed by atoms with E-state index in [2.05, 4.69) is 48.1 Å². The fourth-order valence-electron chi connectivity index (χ4n) is 1.93. The summed E-state index contributed by atoms with van der Waals surface area (Å²) in [5.74, 6) is 1.00. The molecule has 3 heteroatoms. The van der Waals surface area contributed by atoms with Crippen LogP contribution in [0.2, 0.25) is 0 Å². The molecule has 0 aromatic carbocycles. The van der Waals surface area contributed by atoms with Crippen molar-refractivity contribution in [2.45, 2.75) is 39.0 Å². The summed E-state index contributed by atoms with van der Waals surface area (Å²) in [5, 5.41) is 6.84. The zero-order chi connectivity index (χ0) is 12.3. The Morgan fingerprint density at radius 1 is 1.24 bits per heavy atom. The molecule has 0 aliphatic heterocycles. The molecule has 0 fully saturated rings. The molecule has 1 unspecified atom stereocenters. The van der Waals surface area contributed by atoms with E-state index in [1.807, 2.05) is 18.6 Å². The summed E-state index contributed by atoms with van der Waals surface area (Å²) in [6.07, 6.45) is 6.71. The Morgan fingerprint density at radius 2 is 2.06 bits per heavy atom. The van der Waals surface area contributed by atoms with Crippen molar-refractivity contribution in [1.29, 1.82) is 0 Å². The first-order valence-electron chi connectivity index (χ1n) is 6.10. The summed E-state index contributed by atoms with van der Waals surface area (Å²) in [6.45, 7) is 6.62. The Kier molecular flexibility index (Phi) is 3.57. The Balaban J connectivity index is 2.11. The summed E-state index contributed by atoms with van der Waals surface area (Å²) in [6, 6.07) is 4.30. The fraction of sp³-hybridized carbons (Fsp3) is 0.429. The van der Waals surface area contributed by atoms with Crippen molar-refractivity contribution >= 4 is 0 Å². The number of aromatic amines is 1. The molecule has 0 bridgehead atoms. The van der Waals surface area contributed by atoms with E-state index in [-0.39, 0.29) is 0 Å². The number of hydrogen-bond donors (Lipinski definition) is 1. The smallest absolute Gasteiger partial charge is 0.0522 e. The van der Waals surface area contributed by atoms with Crippen molar-refractivity contribution in [3.63, 3.8) is 0 Å². The van der Waals surface area contributed by atoms with Gasteiger partial charge in [-0.25, -0.2) is 0 Å². The first-order chi connectivity index (χ1) is 8.16. The Hall–Kier alpha value is -1.64. The van der Waals surface area contributed by atoms with Gasteiger partial charge >= 0.3 is 0 Å². The number of nitrogens with zero attached hydrogens (tertiary/aromatic N) is 2. The van der Waals surface area contributed by atoms with E-state index in [0.717, 1.165) is 12.1 Å². The monoisotopic (exact) mass is 229 g/mol. The van der Waals surface area contributed by atoms with Gasteiger partial charge in [-0.15, -0.1) is 0 Å². The van der Waals surface area contributed by atoms with Gasteiger partial charge in [-0.1, -0.05) is 20.8 Å². The third kappa shape index (κ3) is 2.93. The lowest BCUT2D eigenvalue weighted by molar-refractivity contribution is 0.736. The number of H-pyrrole nitrogens is 1. The van der Waals surface area contributed by atoms with E-state index >= 15 is 0 Å². The SMILES string of the molecule is CC(C)c1ccnc(CC(C)c2cn[nH]c2)c1. The third-order valence-corrected chi connectivity index (χ3v) is 3.11. The summed E-state index contributed by atoms with van der Waals surface area (Å²) >= 11 is 0. The van der Waals surface area contributed by atoms with E-state index in [1.165, 1.54) is 11.1 Å². The highest BCUT2D eigenvalue weighted by Gasteiger charge is 2.09.